The Kier molecular flexibility index (Phi) is 6.44. The van der Waals surface area contributed by atoms with E-state index in [2.05, 4.69) is 4.98 Å². The number of rotatable bonds is 6. The van der Waals surface area contributed by atoms with Crippen molar-refractivity contribution in [1.82, 2.24) is 14.8 Å². The number of carbonyl (C=O) groups excluding carboxylic acids is 2. The zero-order valence-electron chi connectivity index (χ0n) is 16.0. The van der Waals surface area contributed by atoms with Crippen molar-refractivity contribution in [2.75, 3.05) is 40.6 Å². The first kappa shape index (κ1) is 19.6. The van der Waals surface area contributed by atoms with Gasteiger partial charge in [0.15, 0.2) is 6.79 Å². The van der Waals surface area contributed by atoms with Crippen LogP contribution in [0.5, 0.6) is 5.88 Å². The van der Waals surface area contributed by atoms with Crippen LogP contribution in [-0.2, 0) is 20.8 Å². The number of ether oxygens (including phenoxy) is 3. The summed E-state index contributed by atoms with van der Waals surface area (Å²) in [5.41, 5.74) is 3.05. The van der Waals surface area contributed by atoms with E-state index in [0.29, 0.717) is 25.5 Å². The average molecular weight is 385 g/mol. The van der Waals surface area contributed by atoms with Crippen molar-refractivity contribution in [3.63, 3.8) is 0 Å². The molecule has 0 N–H and O–H groups in total. The summed E-state index contributed by atoms with van der Waals surface area (Å²) in [5.74, 6) is 0.466. The minimum absolute atomic E-state index is 0.0121. The zero-order chi connectivity index (χ0) is 19.9. The Bertz CT molecular complexity index is 808. The fraction of sp³-hybridized carbons (Fsp3) is 0.350. The number of nitrogens with zero attached hydrogens (tertiary/aromatic N) is 3. The molecule has 0 unspecified atom stereocenters. The standard InChI is InChI=1S/C20H23N3O5/c1-26-14-28-20(25)23-10-9-22(19(24)13-23)12-15-3-5-16(6-4-15)17-7-8-18(27-2)21-11-17/h3-8,11H,9-10,12-14H2,1-2H3. The van der Waals surface area contributed by atoms with Crippen molar-refractivity contribution < 1.29 is 23.8 Å². The number of pyridine rings is 1. The van der Waals surface area contributed by atoms with Gasteiger partial charge in [0, 0.05) is 44.6 Å². The van der Waals surface area contributed by atoms with Crippen LogP contribution in [-0.4, -0.2) is 67.4 Å². The summed E-state index contributed by atoms with van der Waals surface area (Å²) in [7, 11) is 3.02. The van der Waals surface area contributed by atoms with Crippen LogP contribution in [0.15, 0.2) is 42.6 Å². The molecule has 2 amide bonds. The van der Waals surface area contributed by atoms with E-state index in [4.69, 9.17) is 14.2 Å². The van der Waals surface area contributed by atoms with E-state index in [0.717, 1.165) is 16.7 Å². The summed E-state index contributed by atoms with van der Waals surface area (Å²) in [5, 5.41) is 0. The Balaban J connectivity index is 1.57. The highest BCUT2D eigenvalue weighted by atomic mass is 16.7. The molecule has 0 saturated carbocycles. The molecule has 8 nitrogen and oxygen atoms in total. The second kappa shape index (κ2) is 9.18. The third kappa shape index (κ3) is 4.77. The van der Waals surface area contributed by atoms with E-state index in [1.807, 2.05) is 36.4 Å². The molecule has 0 bridgehead atoms. The van der Waals surface area contributed by atoms with Crippen LogP contribution in [0.4, 0.5) is 4.79 Å². The molecule has 2 heterocycles. The van der Waals surface area contributed by atoms with Crippen LogP contribution in [0, 0.1) is 0 Å². The number of aromatic nitrogens is 1. The molecule has 1 aliphatic rings. The van der Waals surface area contributed by atoms with Crippen molar-refractivity contribution in [3.8, 4) is 17.0 Å². The van der Waals surface area contributed by atoms with E-state index in [1.54, 1.807) is 18.2 Å². The lowest BCUT2D eigenvalue weighted by molar-refractivity contribution is -0.136. The molecule has 8 heteroatoms. The third-order valence-electron chi connectivity index (χ3n) is 4.48. The molecule has 1 aliphatic heterocycles. The second-order valence-corrected chi connectivity index (χ2v) is 6.34. The Hall–Kier alpha value is -3.13. The SMILES string of the molecule is COCOC(=O)N1CCN(Cc2ccc(-c3ccc(OC)nc3)cc2)C(=O)C1. The van der Waals surface area contributed by atoms with Crippen molar-refractivity contribution in [2.45, 2.75) is 6.54 Å². The van der Waals surface area contributed by atoms with Gasteiger partial charge >= 0.3 is 6.09 Å². The Morgan fingerprint density at radius 3 is 2.43 bits per heavy atom. The Labute approximate surface area is 163 Å². The van der Waals surface area contributed by atoms with Gasteiger partial charge in [-0.1, -0.05) is 24.3 Å². The quantitative estimate of drug-likeness (QED) is 0.709. The van der Waals surface area contributed by atoms with Gasteiger partial charge in [0.05, 0.1) is 7.11 Å². The highest BCUT2D eigenvalue weighted by Crippen LogP contribution is 2.21. The van der Waals surface area contributed by atoms with Gasteiger partial charge < -0.3 is 19.1 Å². The first-order valence-electron chi connectivity index (χ1n) is 8.88. The molecular formula is C20H23N3O5. The van der Waals surface area contributed by atoms with Gasteiger partial charge in [-0.25, -0.2) is 9.78 Å². The van der Waals surface area contributed by atoms with Gasteiger partial charge in [-0.2, -0.15) is 0 Å². The van der Waals surface area contributed by atoms with Gasteiger partial charge in [0.25, 0.3) is 0 Å². The molecule has 28 heavy (non-hydrogen) atoms. The molecule has 1 aromatic carbocycles. The summed E-state index contributed by atoms with van der Waals surface area (Å²) in [6.45, 7) is 1.29. The normalized spacial score (nSPS) is 14.1. The molecular weight excluding hydrogens is 362 g/mol. The second-order valence-electron chi connectivity index (χ2n) is 6.34. The average Bonchev–Trinajstić information content (AvgIpc) is 2.74. The molecule has 0 radical (unpaired) electrons. The lowest BCUT2D eigenvalue weighted by atomic mass is 10.1. The molecule has 1 fully saturated rings. The maximum absolute atomic E-state index is 12.4. The van der Waals surface area contributed by atoms with Crippen LogP contribution in [0.3, 0.4) is 0 Å². The van der Waals surface area contributed by atoms with Crippen molar-refractivity contribution in [3.05, 3.63) is 48.2 Å². The number of piperazine rings is 1. The van der Waals surface area contributed by atoms with Crippen LogP contribution in [0.1, 0.15) is 5.56 Å². The minimum atomic E-state index is -0.535. The molecule has 148 valence electrons. The summed E-state index contributed by atoms with van der Waals surface area (Å²) in [4.78, 5) is 31.5. The monoisotopic (exact) mass is 385 g/mol. The van der Waals surface area contributed by atoms with Crippen LogP contribution in [0.2, 0.25) is 0 Å². The smallest absolute Gasteiger partial charge is 0.412 e. The number of hydrogen-bond acceptors (Lipinski definition) is 6. The molecule has 0 atom stereocenters. The maximum atomic E-state index is 12.4. The van der Waals surface area contributed by atoms with Gasteiger partial charge in [-0.05, 0) is 17.2 Å². The molecule has 1 aromatic heterocycles. The van der Waals surface area contributed by atoms with Gasteiger partial charge in [-0.3, -0.25) is 9.69 Å². The number of amides is 2. The highest BCUT2D eigenvalue weighted by molar-refractivity contribution is 5.83. The summed E-state index contributed by atoms with van der Waals surface area (Å²) in [6, 6.07) is 11.8. The maximum Gasteiger partial charge on any atom is 0.412 e. The molecule has 0 spiro atoms. The predicted molar refractivity (Wildman–Crippen MR) is 102 cm³/mol. The van der Waals surface area contributed by atoms with E-state index in [-0.39, 0.29) is 19.2 Å². The first-order valence-corrected chi connectivity index (χ1v) is 8.88. The molecule has 3 rings (SSSR count). The van der Waals surface area contributed by atoms with Gasteiger partial charge in [0.1, 0.15) is 6.54 Å². The van der Waals surface area contributed by atoms with E-state index in [1.165, 1.54) is 12.0 Å². The number of hydrogen-bond donors (Lipinski definition) is 0. The fourth-order valence-corrected chi connectivity index (χ4v) is 2.93. The Morgan fingerprint density at radius 2 is 1.82 bits per heavy atom. The lowest BCUT2D eigenvalue weighted by Crippen LogP contribution is -2.52. The van der Waals surface area contributed by atoms with Crippen LogP contribution in [0.25, 0.3) is 11.1 Å². The topological polar surface area (TPSA) is 81.2 Å². The van der Waals surface area contributed by atoms with Crippen molar-refractivity contribution in [2.24, 2.45) is 0 Å². The first-order chi connectivity index (χ1) is 13.6. The Morgan fingerprint density at radius 1 is 1.07 bits per heavy atom. The van der Waals surface area contributed by atoms with Gasteiger partial charge in [-0.15, -0.1) is 0 Å². The molecule has 0 aliphatic carbocycles. The predicted octanol–water partition coefficient (Wildman–Crippen LogP) is 2.14. The number of methoxy groups -OCH3 is 2. The van der Waals surface area contributed by atoms with E-state index in [9.17, 15) is 9.59 Å². The molecule has 2 aromatic rings. The van der Waals surface area contributed by atoms with E-state index < -0.39 is 6.09 Å². The molecule has 1 saturated heterocycles. The summed E-state index contributed by atoms with van der Waals surface area (Å²) < 4.78 is 14.7. The van der Waals surface area contributed by atoms with Gasteiger partial charge in [0.2, 0.25) is 11.8 Å². The van der Waals surface area contributed by atoms with Crippen LogP contribution < -0.4 is 4.74 Å². The number of benzene rings is 1. The third-order valence-corrected chi connectivity index (χ3v) is 4.48. The van der Waals surface area contributed by atoms with E-state index >= 15 is 0 Å². The summed E-state index contributed by atoms with van der Waals surface area (Å²) >= 11 is 0. The van der Waals surface area contributed by atoms with Crippen molar-refractivity contribution in [1.29, 1.82) is 0 Å². The lowest BCUT2D eigenvalue weighted by Gasteiger charge is -2.33. The number of carbonyl (C=O) groups is 2. The van der Waals surface area contributed by atoms with Crippen molar-refractivity contribution >= 4 is 12.0 Å². The van der Waals surface area contributed by atoms with Crippen LogP contribution >= 0.6 is 0 Å². The fourth-order valence-electron chi connectivity index (χ4n) is 2.93. The summed E-state index contributed by atoms with van der Waals surface area (Å²) in [6.07, 6.45) is 1.23. The minimum Gasteiger partial charge on any atom is -0.481 e. The highest BCUT2D eigenvalue weighted by Gasteiger charge is 2.28. The largest absolute Gasteiger partial charge is 0.481 e. The zero-order valence-corrected chi connectivity index (χ0v) is 16.0.